The average molecular weight is 504 g/mol. The van der Waals surface area contributed by atoms with E-state index in [1.54, 1.807) is 14.2 Å². The smallest absolute Gasteiger partial charge is 0.260 e. The van der Waals surface area contributed by atoms with Crippen molar-refractivity contribution in [3.05, 3.63) is 66.2 Å². The van der Waals surface area contributed by atoms with E-state index in [4.69, 9.17) is 23.7 Å². The quantitative estimate of drug-likeness (QED) is 0.392. The van der Waals surface area contributed by atoms with Crippen LogP contribution in [0.25, 0.3) is 11.1 Å². The lowest BCUT2D eigenvalue weighted by atomic mass is 9.90. The molecular formula is C30H33NO6. The molecule has 5 rings (SSSR count). The van der Waals surface area contributed by atoms with E-state index in [9.17, 15) is 4.79 Å². The van der Waals surface area contributed by atoms with Crippen molar-refractivity contribution < 1.29 is 28.5 Å². The highest BCUT2D eigenvalue weighted by atomic mass is 16.7. The SMILES string of the molecule is COc1cccc(-c2ccccc2OCC(=O)N2CCC(CCc3ccc4c(c3)OCO4)CC2)c1OC. The van der Waals surface area contributed by atoms with E-state index in [-0.39, 0.29) is 12.5 Å². The Balaban J connectivity index is 1.14. The van der Waals surface area contributed by atoms with Crippen molar-refractivity contribution >= 4 is 5.91 Å². The average Bonchev–Trinajstić information content (AvgIpc) is 3.43. The van der Waals surface area contributed by atoms with Gasteiger partial charge in [-0.25, -0.2) is 0 Å². The van der Waals surface area contributed by atoms with E-state index in [0.717, 1.165) is 61.4 Å². The zero-order chi connectivity index (χ0) is 25.6. The Labute approximate surface area is 217 Å². The maximum Gasteiger partial charge on any atom is 0.260 e. The van der Waals surface area contributed by atoms with Crippen LogP contribution >= 0.6 is 0 Å². The molecule has 0 aliphatic carbocycles. The molecule has 0 bridgehead atoms. The fraction of sp³-hybridized carbons (Fsp3) is 0.367. The Morgan fingerprint density at radius 2 is 1.65 bits per heavy atom. The second-order valence-electron chi connectivity index (χ2n) is 9.38. The summed E-state index contributed by atoms with van der Waals surface area (Å²) in [7, 11) is 3.23. The zero-order valence-electron chi connectivity index (χ0n) is 21.4. The third kappa shape index (κ3) is 5.61. The van der Waals surface area contributed by atoms with Crippen molar-refractivity contribution in [3.63, 3.8) is 0 Å². The Kier molecular flexibility index (Phi) is 7.68. The minimum atomic E-state index is 0.00512. The lowest BCUT2D eigenvalue weighted by Gasteiger charge is -2.32. The molecule has 1 saturated heterocycles. The number of ether oxygens (including phenoxy) is 5. The van der Waals surface area contributed by atoms with E-state index >= 15 is 0 Å². The lowest BCUT2D eigenvalue weighted by Crippen LogP contribution is -2.41. The minimum Gasteiger partial charge on any atom is -0.493 e. The van der Waals surface area contributed by atoms with Crippen LogP contribution in [0.5, 0.6) is 28.7 Å². The van der Waals surface area contributed by atoms with Gasteiger partial charge in [0.25, 0.3) is 5.91 Å². The van der Waals surface area contributed by atoms with Gasteiger partial charge in [-0.3, -0.25) is 4.79 Å². The molecule has 7 heteroatoms. The maximum absolute atomic E-state index is 13.0. The van der Waals surface area contributed by atoms with Gasteiger partial charge in [-0.15, -0.1) is 0 Å². The topological polar surface area (TPSA) is 66.5 Å². The van der Waals surface area contributed by atoms with Crippen molar-refractivity contribution in [2.75, 3.05) is 40.7 Å². The summed E-state index contributed by atoms with van der Waals surface area (Å²) < 4.78 is 28.0. The van der Waals surface area contributed by atoms with E-state index in [1.165, 1.54) is 5.56 Å². The Bertz CT molecular complexity index is 1230. The molecule has 194 valence electrons. The molecule has 2 aliphatic heterocycles. The molecule has 0 spiro atoms. The number of carbonyl (C=O) groups is 1. The van der Waals surface area contributed by atoms with Gasteiger partial charge in [-0.2, -0.15) is 0 Å². The van der Waals surface area contributed by atoms with Crippen LogP contribution in [0.4, 0.5) is 0 Å². The number of likely N-dealkylation sites (tertiary alicyclic amines) is 1. The highest BCUT2D eigenvalue weighted by Gasteiger charge is 2.24. The van der Waals surface area contributed by atoms with Gasteiger partial charge in [0.15, 0.2) is 29.6 Å². The first-order valence-electron chi connectivity index (χ1n) is 12.8. The van der Waals surface area contributed by atoms with E-state index in [0.29, 0.717) is 30.0 Å². The highest BCUT2D eigenvalue weighted by Crippen LogP contribution is 2.41. The van der Waals surface area contributed by atoms with E-state index < -0.39 is 0 Å². The number of amides is 1. The molecule has 0 aromatic heterocycles. The number of rotatable bonds is 9. The van der Waals surface area contributed by atoms with Gasteiger partial charge in [0.05, 0.1) is 14.2 Å². The number of methoxy groups -OCH3 is 2. The summed E-state index contributed by atoms with van der Waals surface area (Å²) in [6.45, 7) is 1.83. The van der Waals surface area contributed by atoms with Crippen molar-refractivity contribution in [2.45, 2.75) is 25.7 Å². The molecule has 2 heterocycles. The first kappa shape index (κ1) is 24.8. The standard InChI is InChI=1S/C30H33NO6/c1-33-27-9-5-7-24(30(27)34-2)23-6-3-4-8-25(23)35-19-29(32)31-16-14-21(15-17-31)10-11-22-12-13-26-28(18-22)37-20-36-26/h3-9,12-13,18,21H,10-11,14-17,19-20H2,1-2H3. The van der Waals surface area contributed by atoms with Crippen LogP contribution in [0, 0.1) is 5.92 Å². The van der Waals surface area contributed by atoms with Crippen molar-refractivity contribution in [1.29, 1.82) is 0 Å². The van der Waals surface area contributed by atoms with Gasteiger partial charge in [0, 0.05) is 24.2 Å². The molecule has 0 saturated carbocycles. The summed E-state index contributed by atoms with van der Waals surface area (Å²) >= 11 is 0. The summed E-state index contributed by atoms with van der Waals surface area (Å²) in [5.74, 6) is 4.20. The molecule has 1 fully saturated rings. The van der Waals surface area contributed by atoms with Gasteiger partial charge in [-0.1, -0.05) is 36.4 Å². The Morgan fingerprint density at radius 3 is 2.46 bits per heavy atom. The van der Waals surface area contributed by atoms with Crippen LogP contribution in [-0.4, -0.2) is 51.5 Å². The number of piperidine rings is 1. The summed E-state index contributed by atoms with van der Waals surface area (Å²) in [6, 6.07) is 19.6. The van der Waals surface area contributed by atoms with E-state index in [2.05, 4.69) is 12.1 Å². The molecule has 0 unspecified atom stereocenters. The van der Waals surface area contributed by atoms with Crippen LogP contribution in [0.15, 0.2) is 60.7 Å². The van der Waals surface area contributed by atoms with Gasteiger partial charge < -0.3 is 28.6 Å². The predicted molar refractivity (Wildman–Crippen MR) is 141 cm³/mol. The van der Waals surface area contributed by atoms with E-state index in [1.807, 2.05) is 53.4 Å². The number of benzene rings is 3. The van der Waals surface area contributed by atoms with Crippen molar-refractivity contribution in [2.24, 2.45) is 5.92 Å². The van der Waals surface area contributed by atoms with Crippen molar-refractivity contribution in [1.82, 2.24) is 4.90 Å². The number of hydrogen-bond donors (Lipinski definition) is 0. The minimum absolute atomic E-state index is 0.00512. The molecule has 3 aromatic rings. The lowest BCUT2D eigenvalue weighted by molar-refractivity contribution is -0.134. The number of hydrogen-bond acceptors (Lipinski definition) is 6. The number of nitrogens with zero attached hydrogens (tertiary/aromatic N) is 1. The molecule has 1 amide bonds. The van der Waals surface area contributed by atoms with Crippen LogP contribution < -0.4 is 23.7 Å². The molecule has 0 atom stereocenters. The van der Waals surface area contributed by atoms with Gasteiger partial charge >= 0.3 is 0 Å². The van der Waals surface area contributed by atoms with Gasteiger partial charge in [0.1, 0.15) is 5.75 Å². The number of aryl methyl sites for hydroxylation is 1. The van der Waals surface area contributed by atoms with Crippen LogP contribution in [0.1, 0.15) is 24.8 Å². The fourth-order valence-electron chi connectivity index (χ4n) is 5.08. The largest absolute Gasteiger partial charge is 0.493 e. The summed E-state index contributed by atoms with van der Waals surface area (Å²) in [5.41, 5.74) is 2.98. The molecule has 0 N–H and O–H groups in total. The molecule has 3 aromatic carbocycles. The van der Waals surface area contributed by atoms with Gasteiger partial charge in [0.2, 0.25) is 6.79 Å². The zero-order valence-corrected chi connectivity index (χ0v) is 21.4. The molecular weight excluding hydrogens is 470 g/mol. The van der Waals surface area contributed by atoms with Crippen LogP contribution in [0.2, 0.25) is 0 Å². The van der Waals surface area contributed by atoms with Crippen LogP contribution in [0.3, 0.4) is 0 Å². The number of carbonyl (C=O) groups excluding carboxylic acids is 1. The summed E-state index contributed by atoms with van der Waals surface area (Å²) in [6.07, 6.45) is 4.12. The monoisotopic (exact) mass is 503 g/mol. The predicted octanol–water partition coefficient (Wildman–Crippen LogP) is 5.35. The number of para-hydroxylation sites is 2. The normalized spacial score (nSPS) is 14.9. The van der Waals surface area contributed by atoms with Crippen molar-refractivity contribution in [3.8, 4) is 39.9 Å². The molecule has 7 nitrogen and oxygen atoms in total. The summed E-state index contributed by atoms with van der Waals surface area (Å²) in [4.78, 5) is 14.9. The Hall–Kier alpha value is -3.87. The second-order valence-corrected chi connectivity index (χ2v) is 9.38. The maximum atomic E-state index is 13.0. The molecule has 37 heavy (non-hydrogen) atoms. The number of fused-ring (bicyclic) bond motifs is 1. The molecule has 0 radical (unpaired) electrons. The first-order valence-corrected chi connectivity index (χ1v) is 12.8. The van der Waals surface area contributed by atoms with Crippen LogP contribution in [-0.2, 0) is 11.2 Å². The fourth-order valence-corrected chi connectivity index (χ4v) is 5.08. The summed E-state index contributed by atoms with van der Waals surface area (Å²) in [5, 5.41) is 0. The third-order valence-electron chi connectivity index (χ3n) is 7.18. The second kappa shape index (κ2) is 11.5. The van der Waals surface area contributed by atoms with Gasteiger partial charge in [-0.05, 0) is 61.4 Å². The Morgan fingerprint density at radius 1 is 0.892 bits per heavy atom. The molecule has 2 aliphatic rings. The first-order chi connectivity index (χ1) is 18.2. The third-order valence-corrected chi connectivity index (χ3v) is 7.18. The highest BCUT2D eigenvalue weighted by molar-refractivity contribution is 5.80.